The van der Waals surface area contributed by atoms with Crippen molar-refractivity contribution in [2.24, 2.45) is 11.8 Å². The maximum absolute atomic E-state index is 14.9. The highest BCUT2D eigenvalue weighted by atomic mass is 19.1. The number of carbonyl (C=O) groups is 1. The summed E-state index contributed by atoms with van der Waals surface area (Å²) >= 11 is 0. The Balaban J connectivity index is 1.78. The summed E-state index contributed by atoms with van der Waals surface area (Å²) in [4.78, 5) is 11.5. The Bertz CT molecular complexity index is 902. The molecule has 1 aliphatic heterocycles. The van der Waals surface area contributed by atoms with Gasteiger partial charge in [-0.2, -0.15) is 0 Å². The molecular formula is C25H30F2O5. The molecule has 1 aliphatic rings. The lowest BCUT2D eigenvalue weighted by atomic mass is 9.79. The molecule has 0 radical (unpaired) electrons. The minimum atomic E-state index is -1.30. The molecule has 0 saturated carbocycles. The second-order valence-electron chi connectivity index (χ2n) is 8.13. The molecule has 32 heavy (non-hydrogen) atoms. The minimum Gasteiger partial charge on any atom is -0.497 e. The van der Waals surface area contributed by atoms with Crippen LogP contribution in [0.1, 0.15) is 43.6 Å². The fourth-order valence-corrected chi connectivity index (χ4v) is 3.99. The van der Waals surface area contributed by atoms with Gasteiger partial charge in [-0.05, 0) is 59.7 Å². The lowest BCUT2D eigenvalue weighted by Gasteiger charge is -2.41. The highest BCUT2D eigenvalue weighted by molar-refractivity contribution is 5.59. The smallest absolute Gasteiger partial charge is 0.497 e. The Morgan fingerprint density at radius 1 is 1.06 bits per heavy atom. The molecule has 0 amide bonds. The highest BCUT2D eigenvalue weighted by Crippen LogP contribution is 2.41. The third-order valence-corrected chi connectivity index (χ3v) is 6.07. The SMILES string of the molecule is CCOC(=O)OCC1OC(c2ccc(F)c(Cc3ccc(OC)cc3)c2)C(C)C(C)C1F. The summed E-state index contributed by atoms with van der Waals surface area (Å²) in [5.74, 6) is -0.0623. The van der Waals surface area contributed by atoms with E-state index in [0.717, 1.165) is 16.9 Å². The van der Waals surface area contributed by atoms with Crippen molar-refractivity contribution in [1.82, 2.24) is 0 Å². The van der Waals surface area contributed by atoms with Crippen molar-refractivity contribution in [3.05, 3.63) is 65.0 Å². The van der Waals surface area contributed by atoms with Crippen LogP contribution in [-0.4, -0.2) is 38.8 Å². The first-order valence-electron chi connectivity index (χ1n) is 10.8. The summed E-state index contributed by atoms with van der Waals surface area (Å²) in [5, 5.41) is 0. The summed E-state index contributed by atoms with van der Waals surface area (Å²) in [5.41, 5.74) is 2.23. The van der Waals surface area contributed by atoms with E-state index < -0.39 is 24.5 Å². The van der Waals surface area contributed by atoms with E-state index in [1.54, 1.807) is 26.2 Å². The Labute approximate surface area is 187 Å². The molecule has 2 aromatic rings. The Kier molecular flexibility index (Phi) is 8.07. The van der Waals surface area contributed by atoms with Crippen LogP contribution in [0.25, 0.3) is 0 Å². The number of hydrogen-bond acceptors (Lipinski definition) is 5. The Morgan fingerprint density at radius 2 is 1.78 bits per heavy atom. The van der Waals surface area contributed by atoms with Crippen LogP contribution in [0.5, 0.6) is 5.75 Å². The van der Waals surface area contributed by atoms with E-state index in [9.17, 15) is 13.6 Å². The average molecular weight is 449 g/mol. The lowest BCUT2D eigenvalue weighted by Crippen LogP contribution is -2.46. The molecule has 2 aromatic carbocycles. The highest BCUT2D eigenvalue weighted by Gasteiger charge is 2.43. The van der Waals surface area contributed by atoms with E-state index in [1.165, 1.54) is 6.07 Å². The lowest BCUT2D eigenvalue weighted by molar-refractivity contribution is -0.163. The summed E-state index contributed by atoms with van der Waals surface area (Å²) in [7, 11) is 1.59. The quantitative estimate of drug-likeness (QED) is 0.513. The number of alkyl halides is 1. The van der Waals surface area contributed by atoms with E-state index in [1.807, 2.05) is 38.1 Å². The third-order valence-electron chi connectivity index (χ3n) is 6.07. The maximum atomic E-state index is 14.9. The van der Waals surface area contributed by atoms with Gasteiger partial charge in [0.05, 0.1) is 19.8 Å². The van der Waals surface area contributed by atoms with Crippen LogP contribution in [0.3, 0.4) is 0 Å². The van der Waals surface area contributed by atoms with Gasteiger partial charge in [-0.1, -0.05) is 32.0 Å². The van der Waals surface area contributed by atoms with Crippen LogP contribution < -0.4 is 4.74 Å². The fourth-order valence-electron chi connectivity index (χ4n) is 3.99. The normalized spacial score (nSPS) is 25.2. The van der Waals surface area contributed by atoms with Crippen LogP contribution in [0, 0.1) is 17.7 Å². The van der Waals surface area contributed by atoms with Crippen LogP contribution in [0.2, 0.25) is 0 Å². The number of ether oxygens (including phenoxy) is 4. The zero-order valence-electron chi connectivity index (χ0n) is 18.8. The van der Waals surface area contributed by atoms with Gasteiger partial charge >= 0.3 is 6.16 Å². The van der Waals surface area contributed by atoms with Gasteiger partial charge < -0.3 is 18.9 Å². The predicted octanol–water partition coefficient (Wildman–Crippen LogP) is 5.65. The molecule has 1 fully saturated rings. The van der Waals surface area contributed by atoms with Crippen molar-refractivity contribution in [2.75, 3.05) is 20.3 Å². The first-order chi connectivity index (χ1) is 15.3. The molecule has 5 atom stereocenters. The standard InChI is InChI=1S/C25H30F2O5/c1-5-30-25(28)31-14-22-23(27)15(2)16(3)24(32-22)18-8-11-21(26)19(13-18)12-17-6-9-20(29-4)10-7-17/h6-11,13,15-16,22-24H,5,12,14H2,1-4H3. The van der Waals surface area contributed by atoms with Crippen molar-refractivity contribution < 1.29 is 32.5 Å². The molecule has 0 bridgehead atoms. The molecule has 0 N–H and O–H groups in total. The molecule has 174 valence electrons. The van der Waals surface area contributed by atoms with Crippen LogP contribution in [-0.2, 0) is 20.6 Å². The number of benzene rings is 2. The molecule has 5 nitrogen and oxygen atoms in total. The first kappa shape index (κ1) is 24.0. The van der Waals surface area contributed by atoms with Gasteiger partial charge in [-0.25, -0.2) is 13.6 Å². The molecule has 0 aromatic heterocycles. The predicted molar refractivity (Wildman–Crippen MR) is 116 cm³/mol. The van der Waals surface area contributed by atoms with Gasteiger partial charge in [0.15, 0.2) is 0 Å². The van der Waals surface area contributed by atoms with Gasteiger partial charge in [0.1, 0.15) is 30.4 Å². The Hall–Kier alpha value is -2.67. The van der Waals surface area contributed by atoms with E-state index in [2.05, 4.69) is 0 Å². The summed E-state index contributed by atoms with van der Waals surface area (Å²) in [6, 6.07) is 12.3. The van der Waals surface area contributed by atoms with E-state index in [-0.39, 0.29) is 30.9 Å². The zero-order chi connectivity index (χ0) is 23.3. The summed E-state index contributed by atoms with van der Waals surface area (Å²) in [6.45, 7) is 5.31. The third kappa shape index (κ3) is 5.57. The van der Waals surface area contributed by atoms with Crippen molar-refractivity contribution in [3.8, 4) is 5.75 Å². The number of hydrogen-bond donors (Lipinski definition) is 0. The second kappa shape index (κ2) is 10.8. The molecule has 1 saturated heterocycles. The molecule has 1 heterocycles. The fraction of sp³-hybridized carbons (Fsp3) is 0.480. The van der Waals surface area contributed by atoms with E-state index in [0.29, 0.717) is 12.0 Å². The van der Waals surface area contributed by atoms with E-state index >= 15 is 0 Å². The topological polar surface area (TPSA) is 54.0 Å². The zero-order valence-corrected chi connectivity index (χ0v) is 18.8. The summed E-state index contributed by atoms with van der Waals surface area (Å²) < 4.78 is 50.4. The number of methoxy groups -OCH3 is 1. The van der Waals surface area contributed by atoms with Crippen LogP contribution >= 0.6 is 0 Å². The first-order valence-corrected chi connectivity index (χ1v) is 10.8. The molecule has 7 heteroatoms. The maximum Gasteiger partial charge on any atom is 0.508 e. The minimum absolute atomic E-state index is 0.150. The molecule has 3 rings (SSSR count). The van der Waals surface area contributed by atoms with Gasteiger partial charge in [-0.15, -0.1) is 0 Å². The molecule has 5 unspecified atom stereocenters. The molecular weight excluding hydrogens is 418 g/mol. The van der Waals surface area contributed by atoms with Crippen LogP contribution in [0.15, 0.2) is 42.5 Å². The van der Waals surface area contributed by atoms with Crippen LogP contribution in [0.4, 0.5) is 13.6 Å². The van der Waals surface area contributed by atoms with Crippen molar-refractivity contribution >= 4 is 6.16 Å². The van der Waals surface area contributed by atoms with Crippen molar-refractivity contribution in [3.63, 3.8) is 0 Å². The second-order valence-corrected chi connectivity index (χ2v) is 8.13. The van der Waals surface area contributed by atoms with E-state index in [4.69, 9.17) is 18.9 Å². The Morgan fingerprint density at radius 3 is 2.44 bits per heavy atom. The molecule has 0 spiro atoms. The molecule has 0 aliphatic carbocycles. The monoisotopic (exact) mass is 448 g/mol. The van der Waals surface area contributed by atoms with Gasteiger partial charge in [0.25, 0.3) is 0 Å². The summed E-state index contributed by atoms with van der Waals surface area (Å²) in [6.07, 6.45) is -3.13. The largest absolute Gasteiger partial charge is 0.508 e. The number of carbonyl (C=O) groups excluding carboxylic acids is 1. The average Bonchev–Trinajstić information content (AvgIpc) is 2.79. The van der Waals surface area contributed by atoms with Crippen molar-refractivity contribution in [2.45, 2.75) is 45.6 Å². The van der Waals surface area contributed by atoms with Crippen molar-refractivity contribution in [1.29, 1.82) is 0 Å². The number of rotatable bonds is 7. The van der Waals surface area contributed by atoms with Gasteiger partial charge in [-0.3, -0.25) is 0 Å². The van der Waals surface area contributed by atoms with Gasteiger partial charge in [0, 0.05) is 6.42 Å². The number of halogens is 2. The van der Waals surface area contributed by atoms with Gasteiger partial charge in [0.2, 0.25) is 0 Å².